The van der Waals surface area contributed by atoms with Crippen LogP contribution < -0.4 is 31.7 Å². The predicted octanol–water partition coefficient (Wildman–Crippen LogP) is 8.81. The molecule has 0 saturated carbocycles. The minimum atomic E-state index is -0.221. The van der Waals surface area contributed by atoms with Crippen LogP contribution in [-0.4, -0.2) is 106 Å². The minimum Gasteiger partial charge on any atom is -0.494 e. The molecular formula is C64H85N11O8. The highest BCUT2D eigenvalue weighted by atomic mass is 16.5. The standard InChI is InChI=1S/C64H85N11O8/c1-3-5-7-23-61(76)72-59-21-15-19-56(70-59)46-74(44-54-17-9-11-29-66-54)42-52-37-53(43-75(45-55-18-10-12-30-67-55)47-57-20-16-22-60(71-57)73-62(77)24-8-6-4-2)39-58(38-52)83-32-14-13-31-68-63(78)48-81-35-33-80-34-36-82-49-64(79)69-41-51-27-25-50(40-65)26-28-51/h9-12,15-22,25-30,37-39H,3-8,13-14,23-24,31-36,40-49,65H2,1-2H3,(H,68,78)(H,69,79)(H,70,72,76)(H,71,73,77). The summed E-state index contributed by atoms with van der Waals surface area (Å²) in [6.45, 7) is 9.98. The number of pyridine rings is 4. The van der Waals surface area contributed by atoms with Crippen LogP contribution in [0.15, 0.2) is 128 Å². The lowest BCUT2D eigenvalue weighted by Gasteiger charge is -2.25. The fourth-order valence-electron chi connectivity index (χ4n) is 8.91. The molecule has 0 spiro atoms. The van der Waals surface area contributed by atoms with E-state index in [4.69, 9.17) is 34.6 Å². The third kappa shape index (κ3) is 27.0. The van der Waals surface area contributed by atoms with E-state index in [1.54, 1.807) is 12.4 Å². The maximum absolute atomic E-state index is 12.8. The molecule has 2 aromatic carbocycles. The Bertz CT molecular complexity index is 2690. The molecule has 6 aromatic rings. The first-order valence-corrected chi connectivity index (χ1v) is 29.2. The third-order valence-corrected chi connectivity index (χ3v) is 13.1. The maximum Gasteiger partial charge on any atom is 0.246 e. The molecule has 4 aromatic heterocycles. The number of unbranched alkanes of at least 4 members (excludes halogenated alkanes) is 5. The highest BCUT2D eigenvalue weighted by Gasteiger charge is 2.17. The van der Waals surface area contributed by atoms with E-state index in [9.17, 15) is 19.2 Å². The average Bonchev–Trinajstić information content (AvgIpc) is 3.48. The molecular weight excluding hydrogens is 1050 g/mol. The molecule has 0 atom stereocenters. The zero-order valence-corrected chi connectivity index (χ0v) is 48.5. The van der Waals surface area contributed by atoms with Gasteiger partial charge in [-0.05, 0) is 109 Å². The number of rotatable bonds is 41. The molecule has 4 amide bonds. The molecule has 0 bridgehead atoms. The second-order valence-electron chi connectivity index (χ2n) is 20.4. The van der Waals surface area contributed by atoms with Gasteiger partial charge in [0, 0.05) is 84.1 Å². The van der Waals surface area contributed by atoms with Crippen LogP contribution in [0.2, 0.25) is 0 Å². The Morgan fingerprint density at radius 3 is 1.47 bits per heavy atom. The lowest BCUT2D eigenvalue weighted by molar-refractivity contribution is -0.126. The lowest BCUT2D eigenvalue weighted by atomic mass is 10.1. The summed E-state index contributed by atoms with van der Waals surface area (Å²) < 4.78 is 23.0. The molecule has 0 aliphatic rings. The fraction of sp³-hybridized carbons (Fsp3) is 0.438. The third-order valence-electron chi connectivity index (χ3n) is 13.1. The largest absolute Gasteiger partial charge is 0.494 e. The van der Waals surface area contributed by atoms with Crippen molar-refractivity contribution in [1.82, 2.24) is 40.4 Å². The Hall–Kier alpha value is -7.52. The van der Waals surface area contributed by atoms with Gasteiger partial charge in [0.05, 0.1) is 55.8 Å². The van der Waals surface area contributed by atoms with Crippen molar-refractivity contribution in [2.75, 3.05) is 63.4 Å². The Balaban J connectivity index is 1.05. The number of ether oxygens (including phenoxy) is 4. The molecule has 0 aliphatic heterocycles. The van der Waals surface area contributed by atoms with Gasteiger partial charge in [-0.25, -0.2) is 9.97 Å². The van der Waals surface area contributed by atoms with E-state index < -0.39 is 0 Å². The van der Waals surface area contributed by atoms with Crippen molar-refractivity contribution in [3.8, 4) is 5.75 Å². The summed E-state index contributed by atoms with van der Waals surface area (Å²) in [4.78, 5) is 74.0. The molecule has 19 heteroatoms. The number of amides is 4. The predicted molar refractivity (Wildman–Crippen MR) is 321 cm³/mol. The van der Waals surface area contributed by atoms with Crippen LogP contribution in [-0.2, 0) is 85.7 Å². The second kappa shape index (κ2) is 38.3. The Morgan fingerprint density at radius 2 is 0.964 bits per heavy atom. The average molecular weight is 1140 g/mol. The molecule has 0 radical (unpaired) electrons. The Morgan fingerprint density at radius 1 is 0.470 bits per heavy atom. The molecule has 19 nitrogen and oxygen atoms in total. The van der Waals surface area contributed by atoms with Crippen molar-refractivity contribution in [3.05, 3.63) is 173 Å². The van der Waals surface area contributed by atoms with E-state index >= 15 is 0 Å². The minimum absolute atomic E-state index is 0.0429. The molecule has 0 aliphatic carbocycles. The number of aromatic nitrogens is 4. The topological polar surface area (TPSA) is 237 Å². The van der Waals surface area contributed by atoms with Gasteiger partial charge in [-0.2, -0.15) is 0 Å². The smallest absolute Gasteiger partial charge is 0.246 e. The van der Waals surface area contributed by atoms with Crippen molar-refractivity contribution >= 4 is 35.3 Å². The van der Waals surface area contributed by atoms with Gasteiger partial charge in [-0.15, -0.1) is 0 Å². The molecule has 0 unspecified atom stereocenters. The monoisotopic (exact) mass is 1140 g/mol. The van der Waals surface area contributed by atoms with Gasteiger partial charge >= 0.3 is 0 Å². The van der Waals surface area contributed by atoms with Crippen molar-refractivity contribution < 1.29 is 38.1 Å². The lowest BCUT2D eigenvalue weighted by Crippen LogP contribution is -2.29. The van der Waals surface area contributed by atoms with Crippen LogP contribution in [0.3, 0.4) is 0 Å². The highest BCUT2D eigenvalue weighted by Crippen LogP contribution is 2.24. The summed E-state index contributed by atoms with van der Waals surface area (Å²) >= 11 is 0. The van der Waals surface area contributed by atoms with Crippen LogP contribution >= 0.6 is 0 Å². The van der Waals surface area contributed by atoms with Gasteiger partial charge in [-0.3, -0.25) is 38.9 Å². The summed E-state index contributed by atoms with van der Waals surface area (Å²) in [6, 6.07) is 37.4. The number of hydrogen-bond acceptors (Lipinski definition) is 15. The van der Waals surface area contributed by atoms with Crippen molar-refractivity contribution in [2.45, 2.75) is 130 Å². The summed E-state index contributed by atoms with van der Waals surface area (Å²) in [5.41, 5.74) is 13.1. The van der Waals surface area contributed by atoms with Gasteiger partial charge < -0.3 is 45.9 Å². The van der Waals surface area contributed by atoms with E-state index in [0.717, 1.165) is 83.6 Å². The van der Waals surface area contributed by atoms with Gasteiger partial charge in [0.15, 0.2) is 0 Å². The SMILES string of the molecule is CCCCCC(=O)Nc1cccc(CN(Cc2cc(CN(Cc3ccccn3)Cc3cccc(NC(=O)CCCCC)n3)cc(OCCCCNC(=O)COCCOCCOCC(=O)NCc3ccc(CN)cc3)c2)Cc2ccccn2)n1. The summed E-state index contributed by atoms with van der Waals surface area (Å²) in [5.74, 6) is 1.24. The van der Waals surface area contributed by atoms with Crippen LogP contribution in [0.1, 0.15) is 123 Å². The summed E-state index contributed by atoms with van der Waals surface area (Å²) in [7, 11) is 0. The van der Waals surface area contributed by atoms with Crippen molar-refractivity contribution in [3.63, 3.8) is 0 Å². The quantitative estimate of drug-likeness (QED) is 0.0226. The first-order chi connectivity index (χ1) is 40.6. The van der Waals surface area contributed by atoms with E-state index in [-0.39, 0.29) is 63.3 Å². The van der Waals surface area contributed by atoms with E-state index in [1.807, 2.05) is 97.1 Å². The number of nitrogens with one attached hydrogen (secondary N) is 4. The van der Waals surface area contributed by atoms with E-state index in [2.05, 4.69) is 73.1 Å². The molecule has 0 saturated heterocycles. The van der Waals surface area contributed by atoms with Gasteiger partial charge in [0.1, 0.15) is 30.6 Å². The number of nitrogens with zero attached hydrogens (tertiary/aromatic N) is 6. The van der Waals surface area contributed by atoms with E-state index in [1.165, 1.54) is 0 Å². The van der Waals surface area contributed by atoms with Crippen LogP contribution in [0.4, 0.5) is 11.6 Å². The number of nitrogens with two attached hydrogens (primary N) is 1. The summed E-state index contributed by atoms with van der Waals surface area (Å²) in [6.07, 6.45) is 11.6. The number of anilines is 2. The fourth-order valence-corrected chi connectivity index (χ4v) is 8.91. The first kappa shape index (κ1) is 64.6. The van der Waals surface area contributed by atoms with Gasteiger partial charge in [-0.1, -0.05) is 94.1 Å². The van der Waals surface area contributed by atoms with Crippen molar-refractivity contribution in [1.29, 1.82) is 0 Å². The normalized spacial score (nSPS) is 11.2. The molecule has 4 heterocycles. The van der Waals surface area contributed by atoms with Crippen molar-refractivity contribution in [2.24, 2.45) is 5.73 Å². The number of hydrogen-bond donors (Lipinski definition) is 5. The zero-order chi connectivity index (χ0) is 58.5. The number of benzene rings is 2. The number of carbonyl (C=O) groups excluding carboxylic acids is 4. The second-order valence-corrected chi connectivity index (χ2v) is 20.4. The summed E-state index contributed by atoms with van der Waals surface area (Å²) in [5, 5.41) is 11.7. The first-order valence-electron chi connectivity index (χ1n) is 29.2. The maximum atomic E-state index is 12.8. The Labute approximate surface area is 489 Å². The number of carbonyl (C=O) groups is 4. The van der Waals surface area contributed by atoms with Crippen LogP contribution in [0, 0.1) is 0 Å². The van der Waals surface area contributed by atoms with Crippen LogP contribution in [0.5, 0.6) is 5.75 Å². The van der Waals surface area contributed by atoms with Gasteiger partial charge in [0.25, 0.3) is 0 Å². The highest BCUT2D eigenvalue weighted by molar-refractivity contribution is 5.90. The van der Waals surface area contributed by atoms with Crippen LogP contribution in [0.25, 0.3) is 0 Å². The molecule has 6 rings (SSSR count). The van der Waals surface area contributed by atoms with E-state index in [0.29, 0.717) is 109 Å². The molecule has 0 fully saturated rings. The molecule has 444 valence electrons. The molecule has 83 heavy (non-hydrogen) atoms. The van der Waals surface area contributed by atoms with Gasteiger partial charge in [0.2, 0.25) is 23.6 Å². The Kier molecular flexibility index (Phi) is 29.8. The zero-order valence-electron chi connectivity index (χ0n) is 48.5. The molecule has 6 N–H and O–H groups in total.